The molecule has 9 heteroatoms. The first-order valence-corrected chi connectivity index (χ1v) is 10.7. The van der Waals surface area contributed by atoms with Gasteiger partial charge in [0.25, 0.3) is 0 Å². The van der Waals surface area contributed by atoms with E-state index >= 15 is 0 Å². The van der Waals surface area contributed by atoms with Crippen LogP contribution in [-0.2, 0) is 19.1 Å². The molecule has 3 saturated heterocycles. The van der Waals surface area contributed by atoms with Crippen LogP contribution >= 0.6 is 15.9 Å². The second-order valence-corrected chi connectivity index (χ2v) is 10.2. The minimum absolute atomic E-state index is 0.127. The Morgan fingerprint density at radius 3 is 2.54 bits per heavy atom. The van der Waals surface area contributed by atoms with E-state index in [1.165, 1.54) is 11.9 Å². The zero-order valence-corrected chi connectivity index (χ0v) is 18.6. The molecule has 158 valence electrons. The third-order valence-corrected chi connectivity index (χ3v) is 6.94. The summed E-state index contributed by atoms with van der Waals surface area (Å²) in [6.45, 7) is 7.23. The van der Waals surface area contributed by atoms with Crippen LogP contribution in [0.5, 0.6) is 0 Å². The van der Waals surface area contributed by atoms with Gasteiger partial charge in [-0.3, -0.25) is 14.4 Å². The Hall–Kier alpha value is -1.19. The maximum Gasteiger partial charge on any atom is 0.246 e. The Kier molecular flexibility index (Phi) is 5.57. The summed E-state index contributed by atoms with van der Waals surface area (Å²) in [6, 6.07) is -1.40. The molecule has 8 nitrogen and oxygen atoms in total. The zero-order valence-electron chi connectivity index (χ0n) is 17.0. The van der Waals surface area contributed by atoms with Crippen LogP contribution in [0.4, 0.5) is 0 Å². The van der Waals surface area contributed by atoms with Crippen molar-refractivity contribution >= 4 is 33.7 Å². The van der Waals surface area contributed by atoms with Crippen molar-refractivity contribution in [2.75, 3.05) is 13.7 Å². The van der Waals surface area contributed by atoms with Crippen molar-refractivity contribution in [2.24, 2.45) is 11.8 Å². The minimum Gasteiger partial charge on any atom is -0.394 e. The first-order chi connectivity index (χ1) is 13.0. The van der Waals surface area contributed by atoms with Gasteiger partial charge < -0.3 is 25.4 Å². The number of nitrogens with one attached hydrogen (secondary N) is 2. The molecule has 3 aliphatic heterocycles. The molecule has 0 radical (unpaired) electrons. The number of carbonyl (C=O) groups is 3. The van der Waals surface area contributed by atoms with Gasteiger partial charge in [0, 0.05) is 17.4 Å². The van der Waals surface area contributed by atoms with Crippen molar-refractivity contribution in [1.29, 1.82) is 0 Å². The molecule has 3 amide bonds. The highest BCUT2D eigenvalue weighted by Gasteiger charge is 2.76. The summed E-state index contributed by atoms with van der Waals surface area (Å²) in [6.07, 6.45) is 0.494. The predicted molar refractivity (Wildman–Crippen MR) is 106 cm³/mol. The molecule has 3 fully saturated rings. The van der Waals surface area contributed by atoms with E-state index in [0.29, 0.717) is 12.8 Å². The number of halogens is 1. The molecular weight excluding hydrogens is 430 g/mol. The minimum atomic E-state index is -1.08. The number of aliphatic hydroxyl groups is 1. The van der Waals surface area contributed by atoms with Crippen molar-refractivity contribution in [1.82, 2.24) is 15.5 Å². The first kappa shape index (κ1) is 21.5. The third kappa shape index (κ3) is 3.06. The summed E-state index contributed by atoms with van der Waals surface area (Å²) in [4.78, 5) is 40.8. The van der Waals surface area contributed by atoms with E-state index in [2.05, 4.69) is 26.6 Å². The Labute approximate surface area is 173 Å². The van der Waals surface area contributed by atoms with E-state index in [1.54, 1.807) is 0 Å². The van der Waals surface area contributed by atoms with Crippen LogP contribution in [-0.4, -0.2) is 75.5 Å². The van der Waals surface area contributed by atoms with E-state index in [0.717, 1.165) is 0 Å². The molecule has 28 heavy (non-hydrogen) atoms. The van der Waals surface area contributed by atoms with Crippen LogP contribution in [0.1, 0.15) is 40.5 Å². The highest BCUT2D eigenvalue weighted by molar-refractivity contribution is 9.09. The quantitative estimate of drug-likeness (QED) is 0.507. The summed E-state index contributed by atoms with van der Waals surface area (Å²) >= 11 is 3.60. The number of aliphatic hydroxyl groups excluding tert-OH is 1. The van der Waals surface area contributed by atoms with Gasteiger partial charge in [-0.25, -0.2) is 0 Å². The Bertz CT molecular complexity index is 677. The lowest BCUT2D eigenvalue weighted by Gasteiger charge is -2.38. The lowest BCUT2D eigenvalue weighted by molar-refractivity contribution is -0.146. The van der Waals surface area contributed by atoms with Crippen molar-refractivity contribution in [3.63, 3.8) is 0 Å². The summed E-state index contributed by atoms with van der Waals surface area (Å²) in [5.41, 5.74) is -1.57. The van der Waals surface area contributed by atoms with Crippen molar-refractivity contribution in [3.8, 4) is 0 Å². The second-order valence-electron chi connectivity index (χ2n) is 9.01. The predicted octanol–water partition coefficient (Wildman–Crippen LogP) is 0.166. The number of carbonyl (C=O) groups excluding carboxylic acids is 3. The average molecular weight is 460 g/mol. The third-order valence-electron chi connectivity index (χ3n) is 6.10. The molecule has 3 N–H and O–H groups in total. The molecule has 3 heterocycles. The molecular formula is C19H30BrN3O5. The largest absolute Gasteiger partial charge is 0.394 e. The molecule has 3 rings (SSSR count). The maximum atomic E-state index is 13.5. The SMILES string of the molecule is CC[C@@H](CO)N1C(=O)[C@@H]2[C@H](C(=O)NC)[C@H]3OC2(CC3Br)C1C(=O)NC(C)(C)C. The number of alkyl halides is 1. The van der Waals surface area contributed by atoms with E-state index in [4.69, 9.17) is 4.74 Å². The fourth-order valence-corrected chi connectivity index (χ4v) is 6.02. The highest BCUT2D eigenvalue weighted by atomic mass is 79.9. The van der Waals surface area contributed by atoms with Gasteiger partial charge in [-0.2, -0.15) is 0 Å². The van der Waals surface area contributed by atoms with E-state index < -0.39 is 41.2 Å². The van der Waals surface area contributed by atoms with Crippen molar-refractivity contribution < 1.29 is 24.2 Å². The zero-order chi connectivity index (χ0) is 21.0. The molecule has 0 saturated carbocycles. The summed E-state index contributed by atoms with van der Waals surface area (Å²) in [5.74, 6) is -2.26. The molecule has 2 bridgehead atoms. The molecule has 0 aromatic rings. The number of fused-ring (bicyclic) bond motifs is 1. The maximum absolute atomic E-state index is 13.5. The van der Waals surface area contributed by atoms with Gasteiger partial charge in [0.2, 0.25) is 17.7 Å². The van der Waals surface area contributed by atoms with Gasteiger partial charge in [0.05, 0.1) is 30.6 Å². The normalized spacial score (nSPS) is 37.8. The van der Waals surface area contributed by atoms with Crippen molar-refractivity contribution in [3.05, 3.63) is 0 Å². The van der Waals surface area contributed by atoms with Crippen LogP contribution in [0.3, 0.4) is 0 Å². The molecule has 0 aromatic carbocycles. The molecule has 3 unspecified atom stereocenters. The second kappa shape index (κ2) is 7.25. The molecule has 7 atom stereocenters. The average Bonchev–Trinajstić information content (AvgIpc) is 3.18. The van der Waals surface area contributed by atoms with Gasteiger partial charge in [-0.05, 0) is 33.6 Å². The van der Waals surface area contributed by atoms with Crippen molar-refractivity contribution in [2.45, 2.75) is 74.7 Å². The lowest BCUT2D eigenvalue weighted by atomic mass is 9.70. The fraction of sp³-hybridized carbons (Fsp3) is 0.842. The van der Waals surface area contributed by atoms with Gasteiger partial charge >= 0.3 is 0 Å². The van der Waals surface area contributed by atoms with Crippen LogP contribution in [0, 0.1) is 11.8 Å². The molecule has 1 spiro atoms. The molecule has 0 aliphatic carbocycles. The van der Waals surface area contributed by atoms with Gasteiger partial charge in [-0.1, -0.05) is 22.9 Å². The number of hydrogen-bond donors (Lipinski definition) is 3. The summed E-state index contributed by atoms with van der Waals surface area (Å²) in [5, 5.41) is 15.5. The monoisotopic (exact) mass is 459 g/mol. The van der Waals surface area contributed by atoms with E-state index in [1.807, 2.05) is 27.7 Å². The van der Waals surface area contributed by atoms with Crippen LogP contribution in [0.15, 0.2) is 0 Å². The number of nitrogens with zero attached hydrogens (tertiary/aromatic N) is 1. The number of rotatable bonds is 5. The van der Waals surface area contributed by atoms with E-state index in [9.17, 15) is 19.5 Å². The first-order valence-electron chi connectivity index (χ1n) is 9.81. The lowest BCUT2D eigenvalue weighted by Crippen LogP contribution is -2.60. The summed E-state index contributed by atoms with van der Waals surface area (Å²) in [7, 11) is 1.54. The molecule has 0 aromatic heterocycles. The van der Waals surface area contributed by atoms with Crippen LogP contribution < -0.4 is 10.6 Å². The summed E-state index contributed by atoms with van der Waals surface area (Å²) < 4.78 is 6.31. The van der Waals surface area contributed by atoms with Crippen LogP contribution in [0.2, 0.25) is 0 Å². The molecule has 3 aliphatic rings. The number of likely N-dealkylation sites (tertiary alicyclic amines) is 1. The number of amides is 3. The Morgan fingerprint density at radius 1 is 1.39 bits per heavy atom. The number of ether oxygens (including phenoxy) is 1. The fourth-order valence-electron chi connectivity index (χ4n) is 5.08. The topological polar surface area (TPSA) is 108 Å². The Balaban J connectivity index is 2.10. The van der Waals surface area contributed by atoms with Gasteiger partial charge in [0.1, 0.15) is 11.6 Å². The number of hydrogen-bond acceptors (Lipinski definition) is 5. The van der Waals surface area contributed by atoms with Gasteiger partial charge in [0.15, 0.2) is 0 Å². The standard InChI is InChI=1S/C19H30BrN3O5/c1-6-9(8-24)23-14(16(26)22-18(2,3)4)19-7-10(20)13(28-19)11(15(25)21-5)12(19)17(23)27/h9-14,24H,6-8H2,1-5H3,(H,21,25)(H,22,26)/t9-,10?,11-,12-,13-,14?,19?/m0/s1. The smallest absolute Gasteiger partial charge is 0.246 e. The highest BCUT2D eigenvalue weighted by Crippen LogP contribution is 2.60. The van der Waals surface area contributed by atoms with E-state index in [-0.39, 0.29) is 29.2 Å². The Morgan fingerprint density at radius 2 is 2.04 bits per heavy atom. The van der Waals surface area contributed by atoms with Gasteiger partial charge in [-0.15, -0.1) is 0 Å². The van der Waals surface area contributed by atoms with Crippen LogP contribution in [0.25, 0.3) is 0 Å².